The van der Waals surface area contributed by atoms with Crippen LogP contribution in [-0.2, 0) is 5.41 Å². The molecule has 0 radical (unpaired) electrons. The van der Waals surface area contributed by atoms with E-state index in [1.807, 2.05) is 12.1 Å². The van der Waals surface area contributed by atoms with Crippen molar-refractivity contribution in [2.24, 2.45) is 0 Å². The first-order valence-electron chi connectivity index (χ1n) is 4.47. The van der Waals surface area contributed by atoms with Gasteiger partial charge in [0.1, 0.15) is 11.8 Å². The Balaban J connectivity index is 3.00. The van der Waals surface area contributed by atoms with Gasteiger partial charge in [-0.3, -0.25) is 0 Å². The molecular formula is C11H14N2. The lowest BCUT2D eigenvalue weighted by Crippen LogP contribution is -2.15. The van der Waals surface area contributed by atoms with Gasteiger partial charge in [0.2, 0.25) is 0 Å². The average molecular weight is 174 g/mol. The molecule has 0 amide bonds. The highest BCUT2D eigenvalue weighted by Gasteiger charge is 2.17. The summed E-state index contributed by atoms with van der Waals surface area (Å²) in [6.07, 6.45) is 2.86. The van der Waals surface area contributed by atoms with Crippen LogP contribution in [0.5, 0.6) is 0 Å². The van der Waals surface area contributed by atoms with Crippen LogP contribution in [0.3, 0.4) is 0 Å². The van der Waals surface area contributed by atoms with E-state index in [1.54, 1.807) is 12.3 Å². The molecule has 0 fully saturated rings. The summed E-state index contributed by atoms with van der Waals surface area (Å²) in [7, 11) is 0. The highest BCUT2D eigenvalue weighted by atomic mass is 14.7. The molecule has 0 aromatic carbocycles. The lowest BCUT2D eigenvalue weighted by atomic mass is 9.83. The normalized spacial score (nSPS) is 10.9. The van der Waals surface area contributed by atoms with Gasteiger partial charge in [-0.1, -0.05) is 26.8 Å². The van der Waals surface area contributed by atoms with Crippen molar-refractivity contribution in [3.8, 4) is 6.07 Å². The van der Waals surface area contributed by atoms with Crippen LogP contribution in [0.1, 0.15) is 38.4 Å². The van der Waals surface area contributed by atoms with Crippen molar-refractivity contribution in [1.82, 2.24) is 4.98 Å². The molecule has 1 aromatic heterocycles. The molecule has 0 bridgehead atoms. The van der Waals surface area contributed by atoms with Crippen molar-refractivity contribution in [2.45, 2.75) is 32.6 Å². The molecule has 13 heavy (non-hydrogen) atoms. The highest BCUT2D eigenvalue weighted by Crippen LogP contribution is 2.25. The Bertz CT molecular complexity index is 317. The number of nitriles is 1. The number of pyridine rings is 1. The van der Waals surface area contributed by atoms with Crippen molar-refractivity contribution < 1.29 is 0 Å². The second-order valence-electron chi connectivity index (χ2n) is 3.78. The molecule has 2 nitrogen and oxygen atoms in total. The highest BCUT2D eigenvalue weighted by molar-refractivity contribution is 5.27. The van der Waals surface area contributed by atoms with Crippen LogP contribution in [0, 0.1) is 11.3 Å². The van der Waals surface area contributed by atoms with E-state index in [4.69, 9.17) is 5.26 Å². The quantitative estimate of drug-likeness (QED) is 0.691. The summed E-state index contributed by atoms with van der Waals surface area (Å²) < 4.78 is 0. The molecule has 2 heteroatoms. The maximum Gasteiger partial charge on any atom is 0.140 e. The molecule has 0 atom stereocenters. The standard InChI is InChI=1S/C11H14N2/c1-4-11(2,3)9-5-6-10(7-12)13-8-9/h5-6,8H,4H2,1-3H3. The fraction of sp³-hybridized carbons (Fsp3) is 0.455. The summed E-state index contributed by atoms with van der Waals surface area (Å²) in [4.78, 5) is 4.05. The average Bonchev–Trinajstić information content (AvgIpc) is 2.18. The van der Waals surface area contributed by atoms with Gasteiger partial charge in [0.05, 0.1) is 0 Å². The van der Waals surface area contributed by atoms with Crippen molar-refractivity contribution in [3.05, 3.63) is 29.6 Å². The monoisotopic (exact) mass is 174 g/mol. The zero-order valence-corrected chi connectivity index (χ0v) is 8.33. The number of hydrogen-bond donors (Lipinski definition) is 0. The molecule has 0 saturated carbocycles. The predicted octanol–water partition coefficient (Wildman–Crippen LogP) is 2.64. The van der Waals surface area contributed by atoms with E-state index in [-0.39, 0.29) is 5.41 Å². The summed E-state index contributed by atoms with van der Waals surface area (Å²) in [5.41, 5.74) is 1.82. The van der Waals surface area contributed by atoms with Crippen LogP contribution in [0.15, 0.2) is 18.3 Å². The van der Waals surface area contributed by atoms with Crippen molar-refractivity contribution in [1.29, 1.82) is 5.26 Å². The van der Waals surface area contributed by atoms with Gasteiger partial charge in [0, 0.05) is 6.20 Å². The SMILES string of the molecule is CCC(C)(C)c1ccc(C#N)nc1. The minimum Gasteiger partial charge on any atom is -0.245 e. The molecule has 0 aliphatic carbocycles. The van der Waals surface area contributed by atoms with Crippen molar-refractivity contribution in [2.75, 3.05) is 0 Å². The fourth-order valence-electron chi connectivity index (χ4n) is 1.06. The van der Waals surface area contributed by atoms with Gasteiger partial charge in [-0.15, -0.1) is 0 Å². The van der Waals surface area contributed by atoms with E-state index in [9.17, 15) is 0 Å². The van der Waals surface area contributed by atoms with E-state index in [0.717, 1.165) is 6.42 Å². The Morgan fingerprint density at radius 1 is 1.46 bits per heavy atom. The number of aromatic nitrogens is 1. The second-order valence-corrected chi connectivity index (χ2v) is 3.78. The van der Waals surface area contributed by atoms with E-state index >= 15 is 0 Å². The first-order valence-corrected chi connectivity index (χ1v) is 4.47. The first kappa shape index (κ1) is 9.73. The molecule has 0 N–H and O–H groups in total. The molecule has 0 saturated heterocycles. The lowest BCUT2D eigenvalue weighted by molar-refractivity contribution is 0.504. The minimum atomic E-state index is 0.154. The topological polar surface area (TPSA) is 36.7 Å². The van der Waals surface area contributed by atoms with E-state index in [1.165, 1.54) is 5.56 Å². The molecule has 0 aliphatic rings. The van der Waals surface area contributed by atoms with Gasteiger partial charge in [-0.25, -0.2) is 4.98 Å². The summed E-state index contributed by atoms with van der Waals surface area (Å²) in [5, 5.41) is 8.58. The summed E-state index contributed by atoms with van der Waals surface area (Å²) in [6, 6.07) is 5.76. The Morgan fingerprint density at radius 2 is 2.15 bits per heavy atom. The first-order chi connectivity index (χ1) is 6.10. The summed E-state index contributed by atoms with van der Waals surface area (Å²) >= 11 is 0. The van der Waals surface area contributed by atoms with Crippen LogP contribution < -0.4 is 0 Å². The molecule has 0 spiro atoms. The molecular weight excluding hydrogens is 160 g/mol. The van der Waals surface area contributed by atoms with E-state index in [0.29, 0.717) is 5.69 Å². The second kappa shape index (κ2) is 3.57. The van der Waals surface area contributed by atoms with Crippen LogP contribution >= 0.6 is 0 Å². The zero-order valence-electron chi connectivity index (χ0n) is 8.33. The smallest absolute Gasteiger partial charge is 0.140 e. The van der Waals surface area contributed by atoms with Gasteiger partial charge in [0.15, 0.2) is 0 Å². The van der Waals surface area contributed by atoms with Crippen LogP contribution in [0.2, 0.25) is 0 Å². The maximum absolute atomic E-state index is 8.58. The maximum atomic E-state index is 8.58. The molecule has 1 rings (SSSR count). The minimum absolute atomic E-state index is 0.154. The fourth-order valence-corrected chi connectivity index (χ4v) is 1.06. The Labute approximate surface area is 79.2 Å². The van der Waals surface area contributed by atoms with Crippen LogP contribution in [0.4, 0.5) is 0 Å². The number of rotatable bonds is 2. The third-order valence-corrected chi connectivity index (χ3v) is 2.54. The largest absolute Gasteiger partial charge is 0.245 e. The third-order valence-electron chi connectivity index (χ3n) is 2.54. The van der Waals surface area contributed by atoms with Gasteiger partial charge in [0.25, 0.3) is 0 Å². The van der Waals surface area contributed by atoms with Crippen molar-refractivity contribution >= 4 is 0 Å². The van der Waals surface area contributed by atoms with Gasteiger partial charge in [-0.2, -0.15) is 5.26 Å². The number of hydrogen-bond acceptors (Lipinski definition) is 2. The van der Waals surface area contributed by atoms with E-state index < -0.39 is 0 Å². The molecule has 68 valence electrons. The molecule has 1 heterocycles. The molecule has 0 aliphatic heterocycles. The van der Waals surface area contributed by atoms with Crippen LogP contribution in [-0.4, -0.2) is 4.98 Å². The third kappa shape index (κ3) is 2.06. The zero-order chi connectivity index (χ0) is 9.90. The molecule has 1 aromatic rings. The predicted molar refractivity (Wildman–Crippen MR) is 52.3 cm³/mol. The Morgan fingerprint density at radius 3 is 2.54 bits per heavy atom. The number of nitrogens with zero attached hydrogens (tertiary/aromatic N) is 2. The molecule has 0 unspecified atom stereocenters. The Kier molecular flexibility index (Phi) is 2.67. The van der Waals surface area contributed by atoms with Crippen LogP contribution in [0.25, 0.3) is 0 Å². The summed E-state index contributed by atoms with van der Waals surface area (Å²) in [6.45, 7) is 6.50. The van der Waals surface area contributed by atoms with Gasteiger partial charge >= 0.3 is 0 Å². The van der Waals surface area contributed by atoms with Crippen molar-refractivity contribution in [3.63, 3.8) is 0 Å². The van der Waals surface area contributed by atoms with Gasteiger partial charge in [-0.05, 0) is 23.5 Å². The van der Waals surface area contributed by atoms with E-state index in [2.05, 4.69) is 25.8 Å². The van der Waals surface area contributed by atoms with Gasteiger partial charge < -0.3 is 0 Å². The summed E-state index contributed by atoms with van der Waals surface area (Å²) in [5.74, 6) is 0. The lowest BCUT2D eigenvalue weighted by Gasteiger charge is -2.22. The Hall–Kier alpha value is -1.36.